The number of nitrogens with zero attached hydrogens (tertiary/aromatic N) is 3. The lowest BCUT2D eigenvalue weighted by Crippen LogP contribution is -2.28. The highest BCUT2D eigenvalue weighted by atomic mass is 35.5. The average Bonchev–Trinajstić information content (AvgIpc) is 3.12. The second kappa shape index (κ2) is 7.56. The molecule has 1 N–H and O–H groups in total. The van der Waals surface area contributed by atoms with Crippen LogP contribution in [0.5, 0.6) is 0 Å². The molecular formula is C22H19ClN4O2. The van der Waals surface area contributed by atoms with E-state index in [-0.39, 0.29) is 18.0 Å². The number of carbonyl (C=O) groups excluding carboxylic acids is 1. The number of hydrogen-bond donors (Lipinski definition) is 1. The zero-order valence-electron chi connectivity index (χ0n) is 16.0. The molecule has 0 radical (unpaired) electrons. The van der Waals surface area contributed by atoms with Gasteiger partial charge in [0, 0.05) is 18.0 Å². The zero-order valence-corrected chi connectivity index (χ0v) is 16.8. The first-order valence-corrected chi connectivity index (χ1v) is 9.50. The molecule has 0 aliphatic heterocycles. The molecule has 7 heteroatoms. The van der Waals surface area contributed by atoms with Gasteiger partial charge in [0.2, 0.25) is 5.91 Å². The minimum Gasteiger partial charge on any atom is -0.323 e. The first kappa shape index (κ1) is 19.0. The summed E-state index contributed by atoms with van der Waals surface area (Å²) in [6, 6.07) is 15.0. The molecule has 2 aromatic heterocycles. The van der Waals surface area contributed by atoms with Gasteiger partial charge in [-0.3, -0.25) is 9.59 Å². The fourth-order valence-electron chi connectivity index (χ4n) is 3.08. The minimum atomic E-state index is -0.333. The fourth-order valence-corrected chi connectivity index (χ4v) is 3.36. The molecule has 2 heterocycles. The van der Waals surface area contributed by atoms with Crippen molar-refractivity contribution in [3.8, 4) is 11.3 Å². The predicted octanol–water partition coefficient (Wildman–Crippen LogP) is 4.07. The number of aromatic nitrogens is 3. The van der Waals surface area contributed by atoms with Crippen molar-refractivity contribution >= 4 is 28.7 Å². The molecule has 0 unspecified atom stereocenters. The quantitative estimate of drug-likeness (QED) is 0.555. The summed E-state index contributed by atoms with van der Waals surface area (Å²) in [6.07, 6.45) is 3.22. The van der Waals surface area contributed by atoms with Crippen molar-refractivity contribution in [2.75, 3.05) is 5.32 Å². The van der Waals surface area contributed by atoms with E-state index < -0.39 is 0 Å². The molecule has 146 valence electrons. The summed E-state index contributed by atoms with van der Waals surface area (Å²) in [4.78, 5) is 25.2. The standard InChI is InChI=1S/C22H19ClN4O2/c1-14-3-6-16(7-4-14)19-12-20-22(29)26(9-10-27(20)25-19)13-21(28)24-18-8-5-15(2)11-17(18)23/h3-12H,13H2,1-2H3,(H,24,28). The third-order valence-electron chi connectivity index (χ3n) is 4.66. The van der Waals surface area contributed by atoms with Gasteiger partial charge in [-0.15, -0.1) is 0 Å². The summed E-state index contributed by atoms with van der Waals surface area (Å²) >= 11 is 6.16. The lowest BCUT2D eigenvalue weighted by molar-refractivity contribution is -0.116. The molecule has 4 rings (SSSR count). The van der Waals surface area contributed by atoms with E-state index in [0.29, 0.717) is 21.9 Å². The Bertz CT molecular complexity index is 1270. The number of carbonyl (C=O) groups is 1. The van der Waals surface area contributed by atoms with E-state index in [2.05, 4.69) is 10.4 Å². The molecule has 0 fully saturated rings. The molecule has 0 spiro atoms. The van der Waals surface area contributed by atoms with Gasteiger partial charge in [-0.2, -0.15) is 5.10 Å². The molecule has 6 nitrogen and oxygen atoms in total. The van der Waals surface area contributed by atoms with Crippen LogP contribution >= 0.6 is 11.6 Å². The highest BCUT2D eigenvalue weighted by Gasteiger charge is 2.12. The van der Waals surface area contributed by atoms with E-state index in [1.54, 1.807) is 30.6 Å². The highest BCUT2D eigenvalue weighted by molar-refractivity contribution is 6.33. The van der Waals surface area contributed by atoms with E-state index >= 15 is 0 Å². The maximum Gasteiger partial charge on any atom is 0.277 e. The lowest BCUT2D eigenvalue weighted by atomic mass is 10.1. The zero-order chi connectivity index (χ0) is 20.5. The van der Waals surface area contributed by atoms with Crippen LogP contribution < -0.4 is 10.9 Å². The normalized spacial score (nSPS) is 11.0. The van der Waals surface area contributed by atoms with Gasteiger partial charge in [0.05, 0.1) is 16.4 Å². The summed E-state index contributed by atoms with van der Waals surface area (Å²) in [5.74, 6) is -0.333. The molecule has 4 aromatic rings. The molecule has 0 aliphatic carbocycles. The van der Waals surface area contributed by atoms with Crippen molar-refractivity contribution < 1.29 is 4.79 Å². The number of nitrogens with one attached hydrogen (secondary N) is 1. The summed E-state index contributed by atoms with van der Waals surface area (Å²) in [5, 5.41) is 7.67. The molecule has 29 heavy (non-hydrogen) atoms. The van der Waals surface area contributed by atoms with Crippen LogP contribution in [0.3, 0.4) is 0 Å². The summed E-state index contributed by atoms with van der Waals surface area (Å²) in [5.41, 5.74) is 4.42. The Labute approximate surface area is 172 Å². The molecule has 0 saturated heterocycles. The third-order valence-corrected chi connectivity index (χ3v) is 4.98. The monoisotopic (exact) mass is 406 g/mol. The first-order chi connectivity index (χ1) is 13.9. The van der Waals surface area contributed by atoms with Gasteiger partial charge in [-0.1, -0.05) is 47.5 Å². The first-order valence-electron chi connectivity index (χ1n) is 9.12. The van der Waals surface area contributed by atoms with E-state index in [1.807, 2.05) is 44.2 Å². The molecule has 0 aliphatic rings. The number of benzene rings is 2. The largest absolute Gasteiger partial charge is 0.323 e. The predicted molar refractivity (Wildman–Crippen MR) is 114 cm³/mol. The van der Waals surface area contributed by atoms with Crippen LogP contribution in [0.25, 0.3) is 16.8 Å². The Morgan fingerprint density at radius 2 is 1.76 bits per heavy atom. The van der Waals surface area contributed by atoms with Crippen LogP contribution in [-0.4, -0.2) is 20.1 Å². The minimum absolute atomic E-state index is 0.120. The van der Waals surface area contributed by atoms with Crippen molar-refractivity contribution in [3.63, 3.8) is 0 Å². The van der Waals surface area contributed by atoms with Crippen LogP contribution in [0, 0.1) is 13.8 Å². The number of fused-ring (bicyclic) bond motifs is 1. The topological polar surface area (TPSA) is 68.4 Å². The van der Waals surface area contributed by atoms with Crippen molar-refractivity contribution in [2.45, 2.75) is 20.4 Å². The lowest BCUT2D eigenvalue weighted by Gasteiger charge is -2.09. The van der Waals surface area contributed by atoms with Crippen LogP contribution in [-0.2, 0) is 11.3 Å². The van der Waals surface area contributed by atoms with Gasteiger partial charge in [0.1, 0.15) is 12.1 Å². The van der Waals surface area contributed by atoms with Gasteiger partial charge in [0.25, 0.3) is 5.56 Å². The number of aryl methyl sites for hydroxylation is 2. The Balaban J connectivity index is 1.59. The molecule has 0 saturated carbocycles. The van der Waals surface area contributed by atoms with E-state index in [1.165, 1.54) is 9.08 Å². The Morgan fingerprint density at radius 1 is 1.03 bits per heavy atom. The maximum absolute atomic E-state index is 12.8. The van der Waals surface area contributed by atoms with Crippen LogP contribution in [0.15, 0.2) is 65.7 Å². The molecular weight excluding hydrogens is 388 g/mol. The average molecular weight is 407 g/mol. The van der Waals surface area contributed by atoms with Gasteiger partial charge in [-0.25, -0.2) is 4.52 Å². The molecule has 2 aromatic carbocycles. The number of halogens is 1. The van der Waals surface area contributed by atoms with Gasteiger partial charge in [0.15, 0.2) is 0 Å². The number of amides is 1. The van der Waals surface area contributed by atoms with Crippen molar-refractivity contribution in [1.82, 2.24) is 14.2 Å². The van der Waals surface area contributed by atoms with Crippen molar-refractivity contribution in [3.05, 3.63) is 87.4 Å². The van der Waals surface area contributed by atoms with Crippen LogP contribution in [0.4, 0.5) is 5.69 Å². The van der Waals surface area contributed by atoms with E-state index in [4.69, 9.17) is 11.6 Å². The van der Waals surface area contributed by atoms with Gasteiger partial charge in [-0.05, 0) is 37.6 Å². The van der Waals surface area contributed by atoms with Crippen molar-refractivity contribution in [2.24, 2.45) is 0 Å². The summed E-state index contributed by atoms with van der Waals surface area (Å²) in [6.45, 7) is 3.81. The highest BCUT2D eigenvalue weighted by Crippen LogP contribution is 2.22. The van der Waals surface area contributed by atoms with E-state index in [0.717, 1.165) is 16.7 Å². The smallest absolute Gasteiger partial charge is 0.277 e. The van der Waals surface area contributed by atoms with Crippen LogP contribution in [0.1, 0.15) is 11.1 Å². The Morgan fingerprint density at radius 3 is 2.48 bits per heavy atom. The molecule has 0 bridgehead atoms. The Hall–Kier alpha value is -3.38. The second-order valence-electron chi connectivity index (χ2n) is 6.99. The second-order valence-corrected chi connectivity index (χ2v) is 7.40. The Kier molecular flexibility index (Phi) is 4.94. The number of anilines is 1. The number of rotatable bonds is 4. The van der Waals surface area contributed by atoms with Crippen molar-refractivity contribution in [1.29, 1.82) is 0 Å². The SMILES string of the molecule is Cc1ccc(-c2cc3c(=O)n(CC(=O)Nc4ccc(C)cc4Cl)ccn3n2)cc1. The molecule has 0 atom stereocenters. The van der Waals surface area contributed by atoms with Gasteiger partial charge >= 0.3 is 0 Å². The third kappa shape index (κ3) is 3.93. The fraction of sp³-hybridized carbons (Fsp3) is 0.136. The van der Waals surface area contributed by atoms with Crippen LogP contribution in [0.2, 0.25) is 5.02 Å². The number of hydrogen-bond acceptors (Lipinski definition) is 3. The summed E-state index contributed by atoms with van der Waals surface area (Å²) < 4.78 is 2.89. The molecule has 1 amide bonds. The van der Waals surface area contributed by atoms with E-state index in [9.17, 15) is 9.59 Å². The summed E-state index contributed by atoms with van der Waals surface area (Å²) in [7, 11) is 0. The van der Waals surface area contributed by atoms with Gasteiger partial charge < -0.3 is 9.88 Å². The maximum atomic E-state index is 12.8.